The van der Waals surface area contributed by atoms with E-state index in [0.29, 0.717) is 12.1 Å². The van der Waals surface area contributed by atoms with Gasteiger partial charge in [-0.1, -0.05) is 38.1 Å². The predicted octanol–water partition coefficient (Wildman–Crippen LogP) is 3.72. The number of rotatable bonds is 6. The summed E-state index contributed by atoms with van der Waals surface area (Å²) in [7, 11) is 0. The monoisotopic (exact) mass is 287 g/mol. The van der Waals surface area contributed by atoms with Crippen LogP contribution >= 0.6 is 0 Å². The van der Waals surface area contributed by atoms with Gasteiger partial charge in [-0.3, -0.25) is 0 Å². The molecule has 116 valence electrons. The van der Waals surface area contributed by atoms with E-state index in [0.717, 1.165) is 25.5 Å². The van der Waals surface area contributed by atoms with Gasteiger partial charge in [0.25, 0.3) is 0 Å². The van der Waals surface area contributed by atoms with Crippen molar-refractivity contribution in [1.82, 2.24) is 5.32 Å². The van der Waals surface area contributed by atoms with Crippen molar-refractivity contribution in [3.63, 3.8) is 0 Å². The van der Waals surface area contributed by atoms with Gasteiger partial charge in [-0.25, -0.2) is 0 Å². The van der Waals surface area contributed by atoms with Crippen LogP contribution in [0.4, 0.5) is 0 Å². The minimum Gasteiger partial charge on any atom is -0.377 e. The summed E-state index contributed by atoms with van der Waals surface area (Å²) < 4.78 is 6.20. The highest BCUT2D eigenvalue weighted by atomic mass is 16.5. The number of hydrogen-bond donors (Lipinski definition) is 1. The van der Waals surface area contributed by atoms with Gasteiger partial charge in [0.1, 0.15) is 0 Å². The quantitative estimate of drug-likeness (QED) is 0.861. The van der Waals surface area contributed by atoms with Crippen molar-refractivity contribution < 1.29 is 4.74 Å². The number of nitrogens with one attached hydrogen (secondary N) is 1. The molecule has 21 heavy (non-hydrogen) atoms. The molecule has 2 unspecified atom stereocenters. The topological polar surface area (TPSA) is 21.3 Å². The normalized spacial score (nSPS) is 29.2. The van der Waals surface area contributed by atoms with Gasteiger partial charge in [-0.15, -0.1) is 0 Å². The van der Waals surface area contributed by atoms with Gasteiger partial charge in [-0.05, 0) is 49.7 Å². The fourth-order valence-electron chi connectivity index (χ4n) is 3.78. The van der Waals surface area contributed by atoms with Crippen LogP contribution in [0.1, 0.15) is 44.2 Å². The highest BCUT2D eigenvalue weighted by Crippen LogP contribution is 2.49. The molecule has 1 heterocycles. The summed E-state index contributed by atoms with van der Waals surface area (Å²) in [6.07, 6.45) is 5.54. The molecule has 1 aromatic rings. The Bertz CT molecular complexity index is 480. The lowest BCUT2D eigenvalue weighted by atomic mass is 9.73. The fraction of sp³-hybridized carbons (Fsp3) is 0.684. The molecule has 0 radical (unpaired) electrons. The Labute approximate surface area is 129 Å². The molecule has 1 N–H and O–H groups in total. The van der Waals surface area contributed by atoms with Crippen molar-refractivity contribution in [3.8, 4) is 0 Å². The van der Waals surface area contributed by atoms with E-state index in [-0.39, 0.29) is 5.41 Å². The van der Waals surface area contributed by atoms with Crippen LogP contribution in [-0.2, 0) is 11.2 Å². The number of ether oxygens (including phenoxy) is 1. The van der Waals surface area contributed by atoms with Crippen LogP contribution in [0.15, 0.2) is 24.3 Å². The van der Waals surface area contributed by atoms with Gasteiger partial charge in [0.2, 0.25) is 0 Å². The van der Waals surface area contributed by atoms with E-state index in [1.807, 2.05) is 0 Å². The maximum absolute atomic E-state index is 6.20. The van der Waals surface area contributed by atoms with Crippen molar-refractivity contribution in [2.24, 2.45) is 11.3 Å². The standard InChI is InChI=1S/C19H29NO/c1-14(2)20-13-19(10-11-21-18(19)16-8-9-16)12-17-7-5-4-6-15(17)3/h4-7,14,16,18,20H,8-13H2,1-3H3. The second-order valence-corrected chi connectivity index (χ2v) is 7.38. The lowest BCUT2D eigenvalue weighted by molar-refractivity contribution is 0.0298. The molecule has 1 aliphatic heterocycles. The van der Waals surface area contributed by atoms with Crippen LogP contribution in [0.5, 0.6) is 0 Å². The molecule has 0 spiro atoms. The van der Waals surface area contributed by atoms with Gasteiger partial charge < -0.3 is 10.1 Å². The van der Waals surface area contributed by atoms with E-state index in [2.05, 4.69) is 50.4 Å². The zero-order valence-electron chi connectivity index (χ0n) is 13.7. The van der Waals surface area contributed by atoms with E-state index in [1.54, 1.807) is 0 Å². The Morgan fingerprint density at radius 1 is 1.29 bits per heavy atom. The largest absolute Gasteiger partial charge is 0.377 e. The Morgan fingerprint density at radius 2 is 2.05 bits per heavy atom. The fourth-order valence-corrected chi connectivity index (χ4v) is 3.78. The van der Waals surface area contributed by atoms with E-state index in [9.17, 15) is 0 Å². The summed E-state index contributed by atoms with van der Waals surface area (Å²) in [4.78, 5) is 0. The minimum absolute atomic E-state index is 0.289. The lowest BCUT2D eigenvalue weighted by Gasteiger charge is -2.36. The number of hydrogen-bond acceptors (Lipinski definition) is 2. The summed E-state index contributed by atoms with van der Waals surface area (Å²) in [6.45, 7) is 8.74. The summed E-state index contributed by atoms with van der Waals surface area (Å²) in [5.74, 6) is 0.811. The Balaban J connectivity index is 1.83. The van der Waals surface area contributed by atoms with Crippen LogP contribution in [0.25, 0.3) is 0 Å². The van der Waals surface area contributed by atoms with Crippen molar-refractivity contribution in [3.05, 3.63) is 35.4 Å². The smallest absolute Gasteiger partial charge is 0.0675 e. The van der Waals surface area contributed by atoms with Gasteiger partial charge in [0, 0.05) is 24.6 Å². The van der Waals surface area contributed by atoms with E-state index in [4.69, 9.17) is 4.74 Å². The van der Waals surface area contributed by atoms with E-state index >= 15 is 0 Å². The van der Waals surface area contributed by atoms with Crippen LogP contribution < -0.4 is 5.32 Å². The summed E-state index contributed by atoms with van der Waals surface area (Å²) >= 11 is 0. The predicted molar refractivity (Wildman–Crippen MR) is 87.5 cm³/mol. The molecule has 1 saturated carbocycles. The molecule has 3 rings (SSSR count). The second-order valence-electron chi connectivity index (χ2n) is 7.38. The van der Waals surface area contributed by atoms with Gasteiger partial charge >= 0.3 is 0 Å². The Hall–Kier alpha value is -0.860. The molecule has 0 aromatic heterocycles. The molecule has 2 nitrogen and oxygen atoms in total. The number of benzene rings is 1. The SMILES string of the molecule is Cc1ccccc1CC1(CNC(C)C)CCOC1C1CC1. The lowest BCUT2D eigenvalue weighted by Crippen LogP contribution is -2.45. The van der Waals surface area contributed by atoms with E-state index in [1.165, 1.54) is 30.4 Å². The van der Waals surface area contributed by atoms with Gasteiger partial charge in [0.05, 0.1) is 6.10 Å². The van der Waals surface area contributed by atoms with Gasteiger partial charge in [0.15, 0.2) is 0 Å². The zero-order chi connectivity index (χ0) is 14.9. The van der Waals surface area contributed by atoms with Crippen molar-refractivity contribution in [1.29, 1.82) is 0 Å². The molecule has 1 aliphatic carbocycles. The maximum atomic E-state index is 6.20. The molecule has 0 amide bonds. The number of aryl methyl sites for hydroxylation is 1. The zero-order valence-corrected chi connectivity index (χ0v) is 13.7. The van der Waals surface area contributed by atoms with Crippen LogP contribution in [0.2, 0.25) is 0 Å². The first-order chi connectivity index (χ1) is 10.1. The Kier molecular flexibility index (Phi) is 4.37. The van der Waals surface area contributed by atoms with Crippen molar-refractivity contribution in [2.45, 2.75) is 58.6 Å². The molecular weight excluding hydrogens is 258 g/mol. The van der Waals surface area contributed by atoms with Crippen LogP contribution in [0, 0.1) is 18.3 Å². The molecule has 2 atom stereocenters. The summed E-state index contributed by atoms with van der Waals surface area (Å²) in [5.41, 5.74) is 3.21. The highest BCUT2D eigenvalue weighted by Gasteiger charge is 2.50. The molecular formula is C19H29NO. The first kappa shape index (κ1) is 15.1. The first-order valence-corrected chi connectivity index (χ1v) is 8.50. The first-order valence-electron chi connectivity index (χ1n) is 8.50. The van der Waals surface area contributed by atoms with Crippen LogP contribution in [-0.4, -0.2) is 25.3 Å². The molecule has 1 aromatic carbocycles. The molecule has 2 heteroatoms. The molecule has 0 bridgehead atoms. The average Bonchev–Trinajstić information content (AvgIpc) is 3.21. The maximum Gasteiger partial charge on any atom is 0.0675 e. The van der Waals surface area contributed by atoms with Crippen LogP contribution in [0.3, 0.4) is 0 Å². The highest BCUT2D eigenvalue weighted by molar-refractivity contribution is 5.27. The molecule has 2 aliphatic rings. The molecule has 1 saturated heterocycles. The third-order valence-corrected chi connectivity index (χ3v) is 5.22. The third-order valence-electron chi connectivity index (χ3n) is 5.22. The third kappa shape index (κ3) is 3.32. The van der Waals surface area contributed by atoms with E-state index < -0.39 is 0 Å². The summed E-state index contributed by atoms with van der Waals surface area (Å²) in [6, 6.07) is 9.39. The van der Waals surface area contributed by atoms with Gasteiger partial charge in [-0.2, -0.15) is 0 Å². The Morgan fingerprint density at radius 3 is 2.71 bits per heavy atom. The summed E-state index contributed by atoms with van der Waals surface area (Å²) in [5, 5.41) is 3.70. The molecule has 2 fully saturated rings. The van der Waals surface area contributed by atoms with Crippen molar-refractivity contribution >= 4 is 0 Å². The minimum atomic E-state index is 0.289. The average molecular weight is 287 g/mol. The van der Waals surface area contributed by atoms with Crippen molar-refractivity contribution in [2.75, 3.05) is 13.2 Å². The second kappa shape index (κ2) is 6.10.